The van der Waals surface area contributed by atoms with Gasteiger partial charge in [-0.15, -0.1) is 0 Å². The number of amides is 1. The molecule has 2 aromatic rings. The Bertz CT molecular complexity index is 1040. The van der Waals surface area contributed by atoms with Crippen LogP contribution in [-0.2, 0) is 20.7 Å². The molecule has 2 atom stereocenters. The van der Waals surface area contributed by atoms with E-state index in [1.54, 1.807) is 0 Å². The van der Waals surface area contributed by atoms with E-state index < -0.39 is 11.9 Å². The Kier molecular flexibility index (Phi) is 10.5. The van der Waals surface area contributed by atoms with E-state index in [-0.39, 0.29) is 18.2 Å². The Morgan fingerprint density at radius 3 is 2.22 bits per heavy atom. The summed E-state index contributed by atoms with van der Waals surface area (Å²) in [4.78, 5) is 36.3. The van der Waals surface area contributed by atoms with Gasteiger partial charge in [-0.3, -0.25) is 4.90 Å². The second kappa shape index (κ2) is 13.8. The lowest BCUT2D eigenvalue weighted by Crippen LogP contribution is -2.33. The number of halogens is 1. The van der Waals surface area contributed by atoms with Gasteiger partial charge in [0, 0.05) is 29.6 Å². The summed E-state index contributed by atoms with van der Waals surface area (Å²) < 4.78 is 6.83. The van der Waals surface area contributed by atoms with Crippen LogP contribution >= 0.6 is 15.9 Å². The van der Waals surface area contributed by atoms with Crippen molar-refractivity contribution >= 4 is 34.0 Å². The van der Waals surface area contributed by atoms with E-state index in [9.17, 15) is 14.4 Å². The van der Waals surface area contributed by atoms with Crippen LogP contribution in [0.25, 0.3) is 0 Å². The monoisotopic (exact) mass is 558 g/mol. The highest BCUT2D eigenvalue weighted by molar-refractivity contribution is 9.10. The number of hydrogen-bond acceptors (Lipinski definition) is 5. The van der Waals surface area contributed by atoms with E-state index >= 15 is 0 Å². The standard InChI is InChI=1S/C23H27BrN2O2.C4H4O4/c24-21-11-5-4-10-19(21)16-20-17-26(23(27)28-20)22(18-8-2-1-3-9-18)12-15-25-13-6-7-14-25;5-3(6)1-2-4(7)8/h1-5,8-11,20,22H,6-7,12-17H2;1-2H,(H,5,6)(H,7,8)/b;2-1+. The predicted molar refractivity (Wildman–Crippen MR) is 139 cm³/mol. The maximum atomic E-state index is 12.7. The molecule has 36 heavy (non-hydrogen) atoms. The Balaban J connectivity index is 0.000000392. The van der Waals surface area contributed by atoms with Gasteiger partial charge in [0.25, 0.3) is 0 Å². The molecule has 0 spiro atoms. The molecule has 9 heteroatoms. The van der Waals surface area contributed by atoms with Crippen molar-refractivity contribution in [3.63, 3.8) is 0 Å². The smallest absolute Gasteiger partial charge is 0.410 e. The fourth-order valence-corrected chi connectivity index (χ4v) is 4.89. The maximum Gasteiger partial charge on any atom is 0.410 e. The van der Waals surface area contributed by atoms with Gasteiger partial charge in [0.1, 0.15) is 6.10 Å². The van der Waals surface area contributed by atoms with Crippen LogP contribution in [0, 0.1) is 0 Å². The number of nitrogens with zero attached hydrogens (tertiary/aromatic N) is 2. The number of aliphatic carboxylic acids is 2. The van der Waals surface area contributed by atoms with E-state index in [0.29, 0.717) is 18.7 Å². The predicted octanol–water partition coefficient (Wildman–Crippen LogP) is 4.75. The molecule has 0 radical (unpaired) electrons. The number of ether oxygens (including phenoxy) is 1. The summed E-state index contributed by atoms with van der Waals surface area (Å²) in [5.41, 5.74) is 2.37. The average molecular weight is 559 g/mol. The van der Waals surface area contributed by atoms with Crippen molar-refractivity contribution in [1.29, 1.82) is 0 Å². The summed E-state index contributed by atoms with van der Waals surface area (Å²) in [6, 6.07) is 18.6. The normalized spacial score (nSPS) is 18.5. The molecule has 2 aliphatic heterocycles. The number of carboxylic acids is 2. The van der Waals surface area contributed by atoms with Gasteiger partial charge >= 0.3 is 18.0 Å². The molecule has 0 bridgehead atoms. The summed E-state index contributed by atoms with van der Waals surface area (Å²) in [5.74, 6) is -2.51. The number of hydrogen-bond donors (Lipinski definition) is 2. The number of carboxylic acid groups (broad SMARTS) is 2. The van der Waals surface area contributed by atoms with E-state index in [0.717, 1.165) is 23.9 Å². The van der Waals surface area contributed by atoms with Crippen LogP contribution in [0.4, 0.5) is 4.79 Å². The highest BCUT2D eigenvalue weighted by Crippen LogP contribution is 2.31. The molecule has 2 N–H and O–H groups in total. The van der Waals surface area contributed by atoms with Gasteiger partial charge in [-0.25, -0.2) is 14.4 Å². The molecular formula is C27H31BrN2O6. The zero-order valence-electron chi connectivity index (χ0n) is 20.0. The highest BCUT2D eigenvalue weighted by atomic mass is 79.9. The summed E-state index contributed by atoms with van der Waals surface area (Å²) >= 11 is 3.60. The van der Waals surface area contributed by atoms with Crippen LogP contribution in [0.5, 0.6) is 0 Å². The maximum absolute atomic E-state index is 12.7. The Morgan fingerprint density at radius 2 is 1.61 bits per heavy atom. The molecule has 2 fully saturated rings. The quantitative estimate of drug-likeness (QED) is 0.427. The minimum Gasteiger partial charge on any atom is -0.478 e. The molecule has 8 nitrogen and oxygen atoms in total. The van der Waals surface area contributed by atoms with Crippen molar-refractivity contribution in [1.82, 2.24) is 9.80 Å². The molecule has 2 aromatic carbocycles. The molecule has 0 aliphatic carbocycles. The molecule has 0 saturated carbocycles. The van der Waals surface area contributed by atoms with Crippen molar-refractivity contribution in [3.8, 4) is 0 Å². The number of carbonyl (C=O) groups excluding carboxylic acids is 1. The first kappa shape index (κ1) is 27.4. The van der Waals surface area contributed by atoms with Crippen LogP contribution in [-0.4, -0.2) is 70.3 Å². The number of rotatable bonds is 9. The second-order valence-electron chi connectivity index (χ2n) is 8.73. The third-order valence-corrected chi connectivity index (χ3v) is 6.93. The Labute approximate surface area is 219 Å². The first-order valence-electron chi connectivity index (χ1n) is 12.0. The molecule has 2 heterocycles. The van der Waals surface area contributed by atoms with Crippen LogP contribution in [0.15, 0.2) is 71.2 Å². The number of cyclic esters (lactones) is 1. The third-order valence-electron chi connectivity index (χ3n) is 6.15. The van der Waals surface area contributed by atoms with Crippen LogP contribution in [0.2, 0.25) is 0 Å². The van der Waals surface area contributed by atoms with Crippen LogP contribution in [0.1, 0.15) is 36.4 Å². The van der Waals surface area contributed by atoms with E-state index in [1.165, 1.54) is 37.1 Å². The fraction of sp³-hybridized carbons (Fsp3) is 0.370. The molecule has 2 saturated heterocycles. The van der Waals surface area contributed by atoms with Crippen molar-refractivity contribution in [3.05, 3.63) is 82.3 Å². The van der Waals surface area contributed by atoms with Gasteiger partial charge < -0.3 is 19.8 Å². The van der Waals surface area contributed by atoms with E-state index in [4.69, 9.17) is 14.9 Å². The first-order valence-corrected chi connectivity index (χ1v) is 12.7. The van der Waals surface area contributed by atoms with Crippen LogP contribution < -0.4 is 0 Å². The summed E-state index contributed by atoms with van der Waals surface area (Å²) in [5, 5.41) is 15.6. The summed E-state index contributed by atoms with van der Waals surface area (Å²) in [6.45, 7) is 4.02. The van der Waals surface area contributed by atoms with Crippen LogP contribution in [0.3, 0.4) is 0 Å². The lowest BCUT2D eigenvalue weighted by atomic mass is 10.0. The molecule has 4 rings (SSSR count). The van der Waals surface area contributed by atoms with E-state index in [1.807, 2.05) is 29.2 Å². The van der Waals surface area contributed by atoms with Gasteiger partial charge in [-0.05, 0) is 49.5 Å². The van der Waals surface area contributed by atoms with Crippen molar-refractivity contribution in [2.45, 2.75) is 37.8 Å². The van der Waals surface area contributed by atoms with Crippen molar-refractivity contribution in [2.75, 3.05) is 26.2 Å². The number of carbonyl (C=O) groups is 3. The minimum atomic E-state index is -1.26. The number of likely N-dealkylation sites (tertiary alicyclic amines) is 1. The zero-order chi connectivity index (χ0) is 25.9. The molecule has 192 valence electrons. The van der Waals surface area contributed by atoms with Gasteiger partial charge in [-0.2, -0.15) is 0 Å². The van der Waals surface area contributed by atoms with Gasteiger partial charge in [0.05, 0.1) is 12.6 Å². The molecule has 2 aliphatic rings. The van der Waals surface area contributed by atoms with Gasteiger partial charge in [0.2, 0.25) is 0 Å². The third kappa shape index (κ3) is 8.49. The Hall–Kier alpha value is -3.17. The largest absolute Gasteiger partial charge is 0.478 e. The van der Waals surface area contributed by atoms with E-state index in [2.05, 4.69) is 51.2 Å². The SMILES string of the molecule is O=C(O)/C=C/C(=O)O.O=C1OC(Cc2ccccc2Br)CN1C(CCN1CCCC1)c1ccccc1. The molecule has 1 amide bonds. The first-order chi connectivity index (χ1) is 17.3. The lowest BCUT2D eigenvalue weighted by Gasteiger charge is -2.28. The Morgan fingerprint density at radius 1 is 1.00 bits per heavy atom. The fourth-order valence-electron chi connectivity index (χ4n) is 4.44. The van der Waals surface area contributed by atoms with Gasteiger partial charge in [0.15, 0.2) is 0 Å². The summed E-state index contributed by atoms with van der Waals surface area (Å²) in [6.07, 6.45) is 5.07. The second-order valence-corrected chi connectivity index (χ2v) is 9.58. The topological polar surface area (TPSA) is 107 Å². The van der Waals surface area contributed by atoms with Crippen molar-refractivity contribution < 1.29 is 29.3 Å². The van der Waals surface area contributed by atoms with Crippen molar-refractivity contribution in [2.24, 2.45) is 0 Å². The zero-order valence-corrected chi connectivity index (χ0v) is 21.5. The summed E-state index contributed by atoms with van der Waals surface area (Å²) in [7, 11) is 0. The average Bonchev–Trinajstić information content (AvgIpc) is 3.50. The lowest BCUT2D eigenvalue weighted by molar-refractivity contribution is -0.134. The number of benzene rings is 2. The molecule has 0 aromatic heterocycles. The molecule has 2 unspecified atom stereocenters. The highest BCUT2D eigenvalue weighted by Gasteiger charge is 2.37. The molecular weight excluding hydrogens is 528 g/mol. The van der Waals surface area contributed by atoms with Gasteiger partial charge in [-0.1, -0.05) is 64.5 Å². The minimum absolute atomic E-state index is 0.0681.